The molecule has 1 N–H and O–H groups in total. The normalized spacial score (nSPS) is 29.9. The first-order chi connectivity index (χ1) is 9.49. The van der Waals surface area contributed by atoms with Gasteiger partial charge in [-0.1, -0.05) is 18.2 Å². The summed E-state index contributed by atoms with van der Waals surface area (Å²) in [5.74, 6) is -5.15. The van der Waals surface area contributed by atoms with Crippen LogP contribution in [0.1, 0.15) is 12.8 Å². The third-order valence-electron chi connectivity index (χ3n) is 3.53. The lowest BCUT2D eigenvalue weighted by molar-refractivity contribution is -0.329. The van der Waals surface area contributed by atoms with Crippen molar-refractivity contribution in [2.75, 3.05) is 0 Å². The molecule has 0 saturated heterocycles. The van der Waals surface area contributed by atoms with E-state index in [0.717, 1.165) is 4.90 Å². The first-order valence-corrected chi connectivity index (χ1v) is 7.18. The van der Waals surface area contributed by atoms with E-state index < -0.39 is 29.9 Å². The maximum Gasteiger partial charge on any atom is 0.0669 e. The van der Waals surface area contributed by atoms with Crippen LogP contribution in [0.15, 0.2) is 35.2 Å². The van der Waals surface area contributed by atoms with Crippen molar-refractivity contribution in [2.45, 2.75) is 29.1 Å². The second kappa shape index (κ2) is 6.28. The number of carbonyl (C=O) groups excluding carboxylic acids is 2. The van der Waals surface area contributed by atoms with E-state index >= 15 is 0 Å². The predicted octanol–water partition coefficient (Wildman–Crippen LogP) is -0.966. The Morgan fingerprint density at radius 1 is 1.05 bits per heavy atom. The van der Waals surface area contributed by atoms with Gasteiger partial charge >= 0.3 is 0 Å². The number of aliphatic hydroxyl groups excluding tert-OH is 1. The number of aliphatic carboxylic acids is 2. The summed E-state index contributed by atoms with van der Waals surface area (Å²) in [6.45, 7) is 0. The zero-order valence-electron chi connectivity index (χ0n) is 10.6. The molecule has 0 amide bonds. The summed E-state index contributed by atoms with van der Waals surface area (Å²) in [6, 6.07) is 9.26. The maximum absolute atomic E-state index is 11.1. The van der Waals surface area contributed by atoms with Crippen molar-refractivity contribution in [1.29, 1.82) is 0 Å². The summed E-state index contributed by atoms with van der Waals surface area (Å²) in [4.78, 5) is 22.9. The molecule has 1 aromatic carbocycles. The highest BCUT2D eigenvalue weighted by atomic mass is 32.2. The Bertz CT molecular complexity index is 490. The van der Waals surface area contributed by atoms with Crippen molar-refractivity contribution in [1.82, 2.24) is 0 Å². The van der Waals surface area contributed by atoms with Crippen LogP contribution in [0.2, 0.25) is 0 Å². The highest BCUT2D eigenvalue weighted by molar-refractivity contribution is 8.00. The molecular weight excluding hydrogens is 280 g/mol. The third-order valence-corrected chi connectivity index (χ3v) is 4.89. The molecule has 5 nitrogen and oxygen atoms in total. The van der Waals surface area contributed by atoms with E-state index in [4.69, 9.17) is 0 Å². The van der Waals surface area contributed by atoms with Gasteiger partial charge in [0.1, 0.15) is 0 Å². The van der Waals surface area contributed by atoms with Crippen LogP contribution in [-0.2, 0) is 9.59 Å². The van der Waals surface area contributed by atoms with Gasteiger partial charge in [-0.2, -0.15) is 0 Å². The van der Waals surface area contributed by atoms with Gasteiger partial charge in [0.05, 0.1) is 6.10 Å². The van der Waals surface area contributed by atoms with Crippen molar-refractivity contribution in [3.63, 3.8) is 0 Å². The summed E-state index contributed by atoms with van der Waals surface area (Å²) in [6.07, 6.45) is -0.939. The quantitative estimate of drug-likeness (QED) is 0.767. The van der Waals surface area contributed by atoms with Gasteiger partial charge in [-0.25, -0.2) is 0 Å². The SMILES string of the molecule is O=C([O-])[C@@H]1C[C@H](O)[C@H](Sc2ccccc2)C[C@H]1C(=O)[O-]. The number of thioether (sulfide) groups is 1. The van der Waals surface area contributed by atoms with Crippen molar-refractivity contribution < 1.29 is 24.9 Å². The fraction of sp³-hybridized carbons (Fsp3) is 0.429. The molecule has 0 aromatic heterocycles. The van der Waals surface area contributed by atoms with Crippen LogP contribution in [-0.4, -0.2) is 28.4 Å². The average Bonchev–Trinajstić information content (AvgIpc) is 2.41. The molecule has 1 aliphatic carbocycles. The molecule has 6 heteroatoms. The number of hydrogen-bond acceptors (Lipinski definition) is 6. The monoisotopic (exact) mass is 294 g/mol. The topological polar surface area (TPSA) is 100 Å². The number of aliphatic hydroxyl groups is 1. The molecular formula is C14H14O5S-2. The lowest BCUT2D eigenvalue weighted by Gasteiger charge is -2.39. The number of carboxylic acid groups (broad SMARTS) is 2. The highest BCUT2D eigenvalue weighted by Crippen LogP contribution is 2.39. The van der Waals surface area contributed by atoms with Gasteiger partial charge in [-0.05, 0) is 25.0 Å². The Labute approximate surface area is 120 Å². The zero-order valence-corrected chi connectivity index (χ0v) is 11.4. The molecule has 0 heterocycles. The van der Waals surface area contributed by atoms with Gasteiger partial charge in [0.15, 0.2) is 0 Å². The number of carboxylic acids is 2. The Balaban J connectivity index is 2.12. The Kier molecular flexibility index (Phi) is 4.67. The second-order valence-electron chi connectivity index (χ2n) is 4.86. The Morgan fingerprint density at radius 2 is 1.60 bits per heavy atom. The number of carbonyl (C=O) groups is 2. The summed E-state index contributed by atoms with van der Waals surface area (Å²) >= 11 is 1.35. The molecule has 0 unspecified atom stereocenters. The Morgan fingerprint density at radius 3 is 2.15 bits per heavy atom. The third kappa shape index (κ3) is 3.32. The van der Waals surface area contributed by atoms with Gasteiger partial charge in [0, 0.05) is 33.9 Å². The van der Waals surface area contributed by atoms with Crippen LogP contribution in [0, 0.1) is 11.8 Å². The molecule has 2 rings (SSSR count). The molecule has 4 atom stereocenters. The first kappa shape index (κ1) is 14.9. The molecule has 1 aliphatic rings. The van der Waals surface area contributed by atoms with Gasteiger partial charge in [0.2, 0.25) is 0 Å². The van der Waals surface area contributed by atoms with Crippen LogP contribution in [0.3, 0.4) is 0 Å². The lowest BCUT2D eigenvalue weighted by atomic mass is 9.77. The van der Waals surface area contributed by atoms with Crippen molar-refractivity contribution in [3.05, 3.63) is 30.3 Å². The first-order valence-electron chi connectivity index (χ1n) is 6.30. The molecule has 0 radical (unpaired) electrons. The largest absolute Gasteiger partial charge is 0.550 e. The van der Waals surface area contributed by atoms with E-state index in [-0.39, 0.29) is 18.1 Å². The van der Waals surface area contributed by atoms with Crippen molar-refractivity contribution in [2.24, 2.45) is 11.8 Å². The van der Waals surface area contributed by atoms with E-state index in [9.17, 15) is 24.9 Å². The van der Waals surface area contributed by atoms with Crippen molar-refractivity contribution >= 4 is 23.7 Å². The number of rotatable bonds is 4. The van der Waals surface area contributed by atoms with Crippen LogP contribution in [0.25, 0.3) is 0 Å². The lowest BCUT2D eigenvalue weighted by Crippen LogP contribution is -2.51. The van der Waals surface area contributed by atoms with E-state index in [1.165, 1.54) is 11.8 Å². The average molecular weight is 294 g/mol. The van der Waals surface area contributed by atoms with Gasteiger partial charge in [-0.3, -0.25) is 0 Å². The maximum atomic E-state index is 11.1. The van der Waals surface area contributed by atoms with E-state index in [1.807, 2.05) is 30.3 Å². The van der Waals surface area contributed by atoms with Crippen LogP contribution in [0.5, 0.6) is 0 Å². The predicted molar refractivity (Wildman–Crippen MR) is 68.3 cm³/mol. The van der Waals surface area contributed by atoms with Gasteiger partial charge < -0.3 is 24.9 Å². The second-order valence-corrected chi connectivity index (χ2v) is 6.17. The highest BCUT2D eigenvalue weighted by Gasteiger charge is 2.38. The summed E-state index contributed by atoms with van der Waals surface area (Å²) in [5.41, 5.74) is 0. The molecule has 0 bridgehead atoms. The number of benzene rings is 1. The molecule has 108 valence electrons. The van der Waals surface area contributed by atoms with Crippen LogP contribution >= 0.6 is 11.8 Å². The Hall–Kier alpha value is -1.53. The summed E-state index contributed by atoms with van der Waals surface area (Å²) in [7, 11) is 0. The fourth-order valence-corrected chi connectivity index (χ4v) is 3.70. The summed E-state index contributed by atoms with van der Waals surface area (Å²) in [5, 5.41) is 31.7. The van der Waals surface area contributed by atoms with Gasteiger partial charge in [-0.15, -0.1) is 11.8 Å². The molecule has 0 spiro atoms. The minimum atomic E-state index is -1.44. The molecule has 1 saturated carbocycles. The van der Waals surface area contributed by atoms with Gasteiger partial charge in [0.25, 0.3) is 0 Å². The van der Waals surface area contributed by atoms with E-state index in [2.05, 4.69) is 0 Å². The minimum Gasteiger partial charge on any atom is -0.550 e. The molecule has 1 aromatic rings. The van der Waals surface area contributed by atoms with Crippen LogP contribution in [0.4, 0.5) is 0 Å². The smallest absolute Gasteiger partial charge is 0.0669 e. The van der Waals surface area contributed by atoms with E-state index in [1.54, 1.807) is 0 Å². The zero-order chi connectivity index (χ0) is 14.7. The minimum absolute atomic E-state index is 0.0572. The van der Waals surface area contributed by atoms with E-state index in [0.29, 0.717) is 0 Å². The molecule has 1 fully saturated rings. The summed E-state index contributed by atoms with van der Waals surface area (Å²) < 4.78 is 0. The fourth-order valence-electron chi connectivity index (χ4n) is 2.47. The molecule has 20 heavy (non-hydrogen) atoms. The standard InChI is InChI=1S/C14H16O5S/c15-11-6-9(13(16)17)10(14(18)19)7-12(11)20-8-4-2-1-3-5-8/h1-5,9-12,15H,6-7H2,(H,16,17)(H,18,19)/p-2/t9-,10-,11+,12-/m1/s1. The van der Waals surface area contributed by atoms with Crippen LogP contribution < -0.4 is 10.2 Å². The number of hydrogen-bond donors (Lipinski definition) is 1. The van der Waals surface area contributed by atoms with Crippen molar-refractivity contribution in [3.8, 4) is 0 Å². The molecule has 0 aliphatic heterocycles.